The van der Waals surface area contributed by atoms with Crippen LogP contribution in [0.5, 0.6) is 0 Å². The Kier molecular flexibility index (Phi) is 2.46. The summed E-state index contributed by atoms with van der Waals surface area (Å²) in [5.41, 5.74) is 0. The first-order chi connectivity index (χ1) is 6.24. The van der Waals surface area contributed by atoms with Crippen molar-refractivity contribution in [1.29, 1.82) is 0 Å². The second-order valence-electron chi connectivity index (χ2n) is 3.19. The van der Waals surface area contributed by atoms with Crippen molar-refractivity contribution in [3.8, 4) is 0 Å². The van der Waals surface area contributed by atoms with Crippen LogP contribution in [0.25, 0.3) is 0 Å². The van der Waals surface area contributed by atoms with Gasteiger partial charge in [-0.15, -0.1) is 0 Å². The average Bonchev–Trinajstić information content (AvgIpc) is 2.01. The molecule has 1 aliphatic carbocycles. The molecule has 1 heterocycles. The molecule has 1 aromatic rings. The molecule has 5 heteroatoms. The zero-order chi connectivity index (χ0) is 9.26. The predicted octanol–water partition coefficient (Wildman–Crippen LogP) is 1.17. The van der Waals surface area contributed by atoms with E-state index in [4.69, 9.17) is 5.11 Å². The molecule has 1 fully saturated rings. The smallest absolute Gasteiger partial charge is 0.130 e. The molecule has 13 heavy (non-hydrogen) atoms. The van der Waals surface area contributed by atoms with E-state index < -0.39 is 0 Å². The largest absolute Gasteiger partial charge is 0.393 e. The van der Waals surface area contributed by atoms with Gasteiger partial charge in [0.2, 0.25) is 0 Å². The van der Waals surface area contributed by atoms with Crippen molar-refractivity contribution in [2.45, 2.75) is 25.0 Å². The molecule has 0 atom stereocenters. The standard InChI is InChI=1S/C8H10BrN3O/c9-7-3-8(11-4-10-7)12-5-1-6(13)2-5/h3-6,13H,1-2H2,(H,10,11,12). The second-order valence-corrected chi connectivity index (χ2v) is 4.00. The van der Waals surface area contributed by atoms with Gasteiger partial charge in [0.1, 0.15) is 16.7 Å². The molecule has 1 aliphatic rings. The van der Waals surface area contributed by atoms with Crippen LogP contribution in [0.2, 0.25) is 0 Å². The number of halogens is 1. The van der Waals surface area contributed by atoms with Crippen molar-refractivity contribution in [3.63, 3.8) is 0 Å². The molecule has 1 saturated carbocycles. The molecule has 2 rings (SSSR count). The molecule has 0 amide bonds. The molecule has 0 aromatic carbocycles. The minimum absolute atomic E-state index is 0.136. The van der Waals surface area contributed by atoms with Gasteiger partial charge in [-0.1, -0.05) is 0 Å². The molecule has 0 unspecified atom stereocenters. The Labute approximate surface area is 84.5 Å². The summed E-state index contributed by atoms with van der Waals surface area (Å²) >= 11 is 3.26. The second kappa shape index (κ2) is 3.59. The van der Waals surface area contributed by atoms with Gasteiger partial charge in [0, 0.05) is 12.1 Å². The minimum Gasteiger partial charge on any atom is -0.393 e. The Balaban J connectivity index is 1.94. The number of nitrogens with one attached hydrogen (secondary N) is 1. The lowest BCUT2D eigenvalue weighted by atomic mass is 9.89. The third-order valence-electron chi connectivity index (χ3n) is 2.10. The Morgan fingerprint density at radius 1 is 1.46 bits per heavy atom. The average molecular weight is 244 g/mol. The van der Waals surface area contributed by atoms with Crippen molar-refractivity contribution in [2.24, 2.45) is 0 Å². The number of anilines is 1. The maximum Gasteiger partial charge on any atom is 0.130 e. The molecular weight excluding hydrogens is 234 g/mol. The lowest BCUT2D eigenvalue weighted by Gasteiger charge is -2.32. The van der Waals surface area contributed by atoms with Crippen LogP contribution in [0.15, 0.2) is 17.0 Å². The molecule has 0 spiro atoms. The summed E-state index contributed by atoms with van der Waals surface area (Å²) in [5, 5.41) is 12.3. The van der Waals surface area contributed by atoms with Crippen molar-refractivity contribution < 1.29 is 5.11 Å². The van der Waals surface area contributed by atoms with E-state index in [1.54, 1.807) is 0 Å². The number of aliphatic hydroxyl groups excluding tert-OH is 1. The summed E-state index contributed by atoms with van der Waals surface area (Å²) in [6.45, 7) is 0. The van der Waals surface area contributed by atoms with E-state index >= 15 is 0 Å². The quantitative estimate of drug-likeness (QED) is 0.767. The van der Waals surface area contributed by atoms with E-state index in [0.29, 0.717) is 6.04 Å². The number of hydrogen-bond acceptors (Lipinski definition) is 4. The van der Waals surface area contributed by atoms with Gasteiger partial charge in [-0.2, -0.15) is 0 Å². The fourth-order valence-electron chi connectivity index (χ4n) is 1.33. The van der Waals surface area contributed by atoms with Gasteiger partial charge >= 0.3 is 0 Å². The molecule has 0 bridgehead atoms. The highest BCUT2D eigenvalue weighted by Gasteiger charge is 2.26. The normalized spacial score (nSPS) is 26.6. The van der Waals surface area contributed by atoms with Crippen molar-refractivity contribution >= 4 is 21.7 Å². The SMILES string of the molecule is OC1CC(Nc2cc(Br)ncn2)C1. The highest BCUT2D eigenvalue weighted by Crippen LogP contribution is 2.23. The third kappa shape index (κ3) is 2.16. The lowest BCUT2D eigenvalue weighted by Crippen LogP contribution is -2.39. The summed E-state index contributed by atoms with van der Waals surface area (Å²) in [6, 6.07) is 2.18. The Bertz CT molecular complexity index is 301. The number of hydrogen-bond donors (Lipinski definition) is 2. The van der Waals surface area contributed by atoms with E-state index in [2.05, 4.69) is 31.2 Å². The zero-order valence-electron chi connectivity index (χ0n) is 6.94. The van der Waals surface area contributed by atoms with Crippen LogP contribution in [-0.2, 0) is 0 Å². The van der Waals surface area contributed by atoms with Gasteiger partial charge < -0.3 is 10.4 Å². The van der Waals surface area contributed by atoms with Crippen molar-refractivity contribution in [1.82, 2.24) is 9.97 Å². The van der Waals surface area contributed by atoms with Crippen molar-refractivity contribution in [3.05, 3.63) is 17.0 Å². The molecule has 0 radical (unpaired) electrons. The van der Waals surface area contributed by atoms with Crippen LogP contribution in [0.4, 0.5) is 5.82 Å². The monoisotopic (exact) mass is 243 g/mol. The fourth-order valence-corrected chi connectivity index (χ4v) is 1.64. The highest BCUT2D eigenvalue weighted by atomic mass is 79.9. The fraction of sp³-hybridized carbons (Fsp3) is 0.500. The Hall–Kier alpha value is -0.680. The van der Waals surface area contributed by atoms with Crippen LogP contribution < -0.4 is 5.32 Å². The number of aromatic nitrogens is 2. The molecular formula is C8H10BrN3O. The van der Waals surface area contributed by atoms with Gasteiger partial charge in [0.05, 0.1) is 6.10 Å². The van der Waals surface area contributed by atoms with E-state index in [-0.39, 0.29) is 6.10 Å². The Morgan fingerprint density at radius 2 is 2.23 bits per heavy atom. The molecule has 70 valence electrons. The maximum absolute atomic E-state index is 9.07. The maximum atomic E-state index is 9.07. The first-order valence-electron chi connectivity index (χ1n) is 4.16. The molecule has 1 aromatic heterocycles. The number of nitrogens with zero attached hydrogens (tertiary/aromatic N) is 2. The predicted molar refractivity (Wildman–Crippen MR) is 52.4 cm³/mol. The summed E-state index contributed by atoms with van der Waals surface area (Å²) < 4.78 is 0.768. The lowest BCUT2D eigenvalue weighted by molar-refractivity contribution is 0.0835. The summed E-state index contributed by atoms with van der Waals surface area (Å²) in [4.78, 5) is 7.97. The van der Waals surface area contributed by atoms with E-state index in [1.807, 2.05) is 6.07 Å². The number of aliphatic hydroxyl groups is 1. The topological polar surface area (TPSA) is 58.0 Å². The summed E-state index contributed by atoms with van der Waals surface area (Å²) in [7, 11) is 0. The summed E-state index contributed by atoms with van der Waals surface area (Å²) in [6.07, 6.45) is 2.98. The first-order valence-corrected chi connectivity index (χ1v) is 4.95. The molecule has 4 nitrogen and oxygen atoms in total. The van der Waals surface area contributed by atoms with Crippen LogP contribution in [0.1, 0.15) is 12.8 Å². The Morgan fingerprint density at radius 3 is 2.85 bits per heavy atom. The van der Waals surface area contributed by atoms with E-state index in [9.17, 15) is 0 Å². The minimum atomic E-state index is -0.136. The van der Waals surface area contributed by atoms with Crippen LogP contribution in [0.3, 0.4) is 0 Å². The zero-order valence-corrected chi connectivity index (χ0v) is 8.53. The van der Waals surface area contributed by atoms with Gasteiger partial charge in [-0.05, 0) is 28.8 Å². The third-order valence-corrected chi connectivity index (χ3v) is 2.53. The molecule has 0 aliphatic heterocycles. The molecule has 2 N–H and O–H groups in total. The summed E-state index contributed by atoms with van der Waals surface area (Å²) in [5.74, 6) is 0.804. The highest BCUT2D eigenvalue weighted by molar-refractivity contribution is 9.10. The van der Waals surface area contributed by atoms with Crippen LogP contribution in [-0.4, -0.2) is 27.2 Å². The van der Waals surface area contributed by atoms with E-state index in [0.717, 1.165) is 23.3 Å². The van der Waals surface area contributed by atoms with Crippen LogP contribution >= 0.6 is 15.9 Å². The van der Waals surface area contributed by atoms with Gasteiger partial charge in [0.15, 0.2) is 0 Å². The van der Waals surface area contributed by atoms with Gasteiger partial charge in [-0.25, -0.2) is 9.97 Å². The molecule has 0 saturated heterocycles. The van der Waals surface area contributed by atoms with Gasteiger partial charge in [-0.3, -0.25) is 0 Å². The first kappa shape index (κ1) is 8.90. The van der Waals surface area contributed by atoms with Gasteiger partial charge in [0.25, 0.3) is 0 Å². The van der Waals surface area contributed by atoms with E-state index in [1.165, 1.54) is 6.33 Å². The van der Waals surface area contributed by atoms with Crippen LogP contribution in [0, 0.1) is 0 Å². The van der Waals surface area contributed by atoms with Crippen molar-refractivity contribution in [2.75, 3.05) is 5.32 Å². The number of rotatable bonds is 2.